The first-order chi connectivity index (χ1) is 9.51. The van der Waals surface area contributed by atoms with Crippen molar-refractivity contribution in [3.05, 3.63) is 50.6 Å². The highest BCUT2D eigenvalue weighted by Crippen LogP contribution is 2.21. The van der Waals surface area contributed by atoms with Gasteiger partial charge >= 0.3 is 5.97 Å². The van der Waals surface area contributed by atoms with Gasteiger partial charge in [-0.15, -0.1) is 0 Å². The molecular formula is C13H10BrFN2O3. The first-order valence-electron chi connectivity index (χ1n) is 5.74. The second-order valence-corrected chi connectivity index (χ2v) is 4.77. The van der Waals surface area contributed by atoms with Gasteiger partial charge in [0, 0.05) is 16.2 Å². The van der Waals surface area contributed by atoms with Crippen LogP contribution in [0.15, 0.2) is 33.7 Å². The molecule has 1 aromatic heterocycles. The predicted molar refractivity (Wildman–Crippen MR) is 73.9 cm³/mol. The third-order valence-electron chi connectivity index (χ3n) is 2.43. The van der Waals surface area contributed by atoms with Crippen molar-refractivity contribution < 1.29 is 13.9 Å². The molecule has 0 bridgehead atoms. The van der Waals surface area contributed by atoms with E-state index in [0.29, 0.717) is 10.0 Å². The lowest BCUT2D eigenvalue weighted by atomic mass is 10.2. The maximum absolute atomic E-state index is 13.3. The van der Waals surface area contributed by atoms with Crippen LogP contribution in [0.4, 0.5) is 4.39 Å². The molecule has 1 N–H and O–H groups in total. The number of H-pyrrole nitrogens is 1. The summed E-state index contributed by atoms with van der Waals surface area (Å²) in [4.78, 5) is 29.7. The van der Waals surface area contributed by atoms with Crippen molar-refractivity contribution in [1.82, 2.24) is 9.97 Å². The molecule has 7 heteroatoms. The molecule has 0 unspecified atom stereocenters. The number of rotatable bonds is 3. The Morgan fingerprint density at radius 3 is 2.80 bits per heavy atom. The van der Waals surface area contributed by atoms with Crippen LogP contribution < -0.4 is 5.56 Å². The first kappa shape index (κ1) is 14.4. The topological polar surface area (TPSA) is 72.0 Å². The summed E-state index contributed by atoms with van der Waals surface area (Å²) in [6.07, 6.45) is 1.12. The van der Waals surface area contributed by atoms with E-state index in [4.69, 9.17) is 4.74 Å². The summed E-state index contributed by atoms with van der Waals surface area (Å²) >= 11 is 3.15. The second kappa shape index (κ2) is 5.96. The summed E-state index contributed by atoms with van der Waals surface area (Å²) in [5.41, 5.74) is -0.427. The third-order valence-corrected chi connectivity index (χ3v) is 2.89. The molecular weight excluding hydrogens is 331 g/mol. The number of carbonyl (C=O) groups is 1. The molecule has 20 heavy (non-hydrogen) atoms. The van der Waals surface area contributed by atoms with Crippen LogP contribution in [0.5, 0.6) is 0 Å². The minimum atomic E-state index is -0.742. The van der Waals surface area contributed by atoms with Gasteiger partial charge in [-0.25, -0.2) is 14.2 Å². The summed E-state index contributed by atoms with van der Waals surface area (Å²) in [7, 11) is 0. The zero-order valence-corrected chi connectivity index (χ0v) is 12.0. The molecule has 1 aromatic carbocycles. The van der Waals surface area contributed by atoms with Gasteiger partial charge < -0.3 is 9.72 Å². The second-order valence-electron chi connectivity index (χ2n) is 3.85. The third kappa shape index (κ3) is 3.11. The van der Waals surface area contributed by atoms with E-state index in [1.807, 2.05) is 0 Å². The van der Waals surface area contributed by atoms with Gasteiger partial charge in [0.2, 0.25) is 0 Å². The average Bonchev–Trinajstić information content (AvgIpc) is 2.37. The Balaban J connectivity index is 2.43. The number of hydrogen-bond acceptors (Lipinski definition) is 4. The van der Waals surface area contributed by atoms with Gasteiger partial charge in [-0.05, 0) is 25.1 Å². The molecule has 0 fully saturated rings. The van der Waals surface area contributed by atoms with E-state index in [1.165, 1.54) is 12.1 Å². The number of ether oxygens (including phenoxy) is 1. The number of nitrogens with zero attached hydrogens (tertiary/aromatic N) is 1. The number of nitrogens with one attached hydrogen (secondary N) is 1. The molecule has 2 rings (SSSR count). The van der Waals surface area contributed by atoms with Crippen molar-refractivity contribution in [2.75, 3.05) is 6.61 Å². The molecule has 2 aromatic rings. The molecule has 0 amide bonds. The van der Waals surface area contributed by atoms with E-state index in [2.05, 4.69) is 25.9 Å². The van der Waals surface area contributed by atoms with Gasteiger partial charge in [-0.1, -0.05) is 15.9 Å². The fourth-order valence-corrected chi connectivity index (χ4v) is 2.05. The van der Waals surface area contributed by atoms with Gasteiger partial charge in [0.05, 0.1) is 6.61 Å². The van der Waals surface area contributed by atoms with Crippen LogP contribution >= 0.6 is 15.9 Å². The Bertz CT molecular complexity index is 695. The van der Waals surface area contributed by atoms with E-state index in [0.717, 1.165) is 6.20 Å². The molecule has 0 radical (unpaired) electrons. The van der Waals surface area contributed by atoms with Crippen LogP contribution in [0.1, 0.15) is 17.3 Å². The normalized spacial score (nSPS) is 10.3. The summed E-state index contributed by atoms with van der Waals surface area (Å²) in [5, 5.41) is 0. The number of carbonyl (C=O) groups excluding carboxylic acids is 1. The fourth-order valence-electron chi connectivity index (χ4n) is 1.59. The lowest BCUT2D eigenvalue weighted by Crippen LogP contribution is -2.21. The van der Waals surface area contributed by atoms with Gasteiger partial charge in [0.1, 0.15) is 17.2 Å². The Kier molecular flexibility index (Phi) is 4.29. The summed E-state index contributed by atoms with van der Waals surface area (Å²) in [5.74, 6) is -1.04. The summed E-state index contributed by atoms with van der Waals surface area (Å²) in [6.45, 7) is 1.80. The lowest BCUT2D eigenvalue weighted by Gasteiger charge is -2.04. The minimum Gasteiger partial charge on any atom is -0.462 e. The molecule has 0 atom stereocenters. The highest BCUT2D eigenvalue weighted by molar-refractivity contribution is 9.10. The average molecular weight is 341 g/mol. The summed E-state index contributed by atoms with van der Waals surface area (Å²) in [6, 6.07) is 4.12. The maximum atomic E-state index is 13.3. The van der Waals surface area contributed by atoms with Crippen molar-refractivity contribution in [2.24, 2.45) is 0 Å². The van der Waals surface area contributed by atoms with Crippen LogP contribution in [0.3, 0.4) is 0 Å². The van der Waals surface area contributed by atoms with Crippen LogP contribution in [-0.4, -0.2) is 22.5 Å². The van der Waals surface area contributed by atoms with Crippen LogP contribution in [-0.2, 0) is 4.74 Å². The van der Waals surface area contributed by atoms with Crippen molar-refractivity contribution in [1.29, 1.82) is 0 Å². The van der Waals surface area contributed by atoms with Gasteiger partial charge in [-0.3, -0.25) is 4.79 Å². The van der Waals surface area contributed by atoms with Crippen LogP contribution in [0.2, 0.25) is 0 Å². The Labute approximate surface area is 121 Å². The highest BCUT2D eigenvalue weighted by atomic mass is 79.9. The van der Waals surface area contributed by atoms with Crippen LogP contribution in [0.25, 0.3) is 11.4 Å². The first-order valence-corrected chi connectivity index (χ1v) is 6.53. The molecule has 0 aliphatic carbocycles. The number of aromatic nitrogens is 2. The quantitative estimate of drug-likeness (QED) is 0.871. The van der Waals surface area contributed by atoms with E-state index >= 15 is 0 Å². The van der Waals surface area contributed by atoms with Crippen LogP contribution in [0, 0.1) is 5.82 Å². The molecule has 0 spiro atoms. The molecule has 0 saturated carbocycles. The molecule has 0 saturated heterocycles. The van der Waals surface area contributed by atoms with Crippen molar-refractivity contribution in [3.8, 4) is 11.4 Å². The largest absolute Gasteiger partial charge is 0.462 e. The standard InChI is InChI=1S/C13H10BrFN2O3/c1-2-20-13(19)10-6-16-11(17-12(10)18)7-3-8(14)5-9(15)4-7/h3-6H,2H2,1H3,(H,16,17,18). The predicted octanol–water partition coefficient (Wildman–Crippen LogP) is 2.52. The van der Waals surface area contributed by atoms with E-state index in [9.17, 15) is 14.0 Å². The van der Waals surface area contributed by atoms with E-state index in [1.54, 1.807) is 13.0 Å². The maximum Gasteiger partial charge on any atom is 0.345 e. The molecule has 0 aliphatic heterocycles. The van der Waals surface area contributed by atoms with E-state index < -0.39 is 17.3 Å². The Hall–Kier alpha value is -2.02. The number of aromatic amines is 1. The smallest absolute Gasteiger partial charge is 0.345 e. The van der Waals surface area contributed by atoms with Gasteiger partial charge in [-0.2, -0.15) is 0 Å². The molecule has 1 heterocycles. The SMILES string of the molecule is CCOC(=O)c1cnc(-c2cc(F)cc(Br)c2)[nH]c1=O. The molecule has 5 nitrogen and oxygen atoms in total. The number of esters is 1. The monoisotopic (exact) mass is 340 g/mol. The minimum absolute atomic E-state index is 0.164. The lowest BCUT2D eigenvalue weighted by molar-refractivity contribution is 0.0524. The number of benzene rings is 1. The zero-order valence-electron chi connectivity index (χ0n) is 10.4. The van der Waals surface area contributed by atoms with Crippen molar-refractivity contribution in [3.63, 3.8) is 0 Å². The zero-order chi connectivity index (χ0) is 14.7. The summed E-state index contributed by atoms with van der Waals surface area (Å²) < 4.78 is 18.5. The molecule has 104 valence electrons. The Morgan fingerprint density at radius 2 is 2.20 bits per heavy atom. The van der Waals surface area contributed by atoms with Gasteiger partial charge in [0.15, 0.2) is 0 Å². The van der Waals surface area contributed by atoms with E-state index in [-0.39, 0.29) is 18.0 Å². The molecule has 0 aliphatic rings. The van der Waals surface area contributed by atoms with Crippen molar-refractivity contribution >= 4 is 21.9 Å². The number of halogens is 2. The van der Waals surface area contributed by atoms with Crippen molar-refractivity contribution in [2.45, 2.75) is 6.92 Å². The fraction of sp³-hybridized carbons (Fsp3) is 0.154. The number of hydrogen-bond donors (Lipinski definition) is 1. The van der Waals surface area contributed by atoms with Gasteiger partial charge in [0.25, 0.3) is 5.56 Å². The highest BCUT2D eigenvalue weighted by Gasteiger charge is 2.13. The Morgan fingerprint density at radius 1 is 1.45 bits per heavy atom.